The highest BCUT2D eigenvalue weighted by atomic mass is 16.7. The van der Waals surface area contributed by atoms with Crippen molar-refractivity contribution >= 4 is 0 Å². The van der Waals surface area contributed by atoms with Gasteiger partial charge in [-0.05, 0) is 24.6 Å². The molecule has 0 unspecified atom stereocenters. The zero-order valence-electron chi connectivity index (χ0n) is 9.05. The average Bonchev–Trinajstić information content (AvgIpc) is 2.73. The molecule has 1 aromatic rings. The van der Waals surface area contributed by atoms with Crippen molar-refractivity contribution < 1.29 is 19.3 Å². The average molecular weight is 222 g/mol. The molecule has 0 spiro atoms. The van der Waals surface area contributed by atoms with Crippen LogP contribution in [0, 0.1) is 5.92 Å². The molecule has 1 saturated heterocycles. The maximum Gasteiger partial charge on any atom is 0.205 e. The van der Waals surface area contributed by atoms with Crippen LogP contribution < -0.4 is 4.74 Å². The molecule has 2 aliphatic heterocycles. The van der Waals surface area contributed by atoms with Crippen LogP contribution in [0.1, 0.15) is 18.1 Å². The molecular weight excluding hydrogens is 208 g/mol. The van der Waals surface area contributed by atoms with Crippen molar-refractivity contribution in [2.45, 2.75) is 18.8 Å². The minimum atomic E-state index is -0.206. The van der Waals surface area contributed by atoms with E-state index in [1.54, 1.807) is 25.3 Å². The molecule has 0 radical (unpaired) electrons. The molecule has 0 saturated carbocycles. The lowest BCUT2D eigenvalue weighted by atomic mass is 9.91. The number of methoxy groups -OCH3 is 1. The van der Waals surface area contributed by atoms with E-state index in [-0.39, 0.29) is 24.1 Å². The van der Waals surface area contributed by atoms with Crippen LogP contribution in [-0.4, -0.2) is 25.1 Å². The van der Waals surface area contributed by atoms with E-state index < -0.39 is 0 Å². The first-order valence-electron chi connectivity index (χ1n) is 5.43. The molecule has 0 amide bonds. The van der Waals surface area contributed by atoms with Gasteiger partial charge in [0.1, 0.15) is 11.5 Å². The summed E-state index contributed by atoms with van der Waals surface area (Å²) in [6, 6.07) is 5.08. The maximum atomic E-state index is 9.50. The van der Waals surface area contributed by atoms with Crippen LogP contribution in [0.3, 0.4) is 0 Å². The van der Waals surface area contributed by atoms with Crippen molar-refractivity contribution in [2.24, 2.45) is 5.92 Å². The number of phenols is 1. The van der Waals surface area contributed by atoms with Crippen molar-refractivity contribution in [3.8, 4) is 11.5 Å². The Morgan fingerprint density at radius 1 is 1.44 bits per heavy atom. The van der Waals surface area contributed by atoms with Gasteiger partial charge in [-0.25, -0.2) is 0 Å². The van der Waals surface area contributed by atoms with E-state index in [1.165, 1.54) is 0 Å². The molecule has 4 heteroatoms. The summed E-state index contributed by atoms with van der Waals surface area (Å²) in [5, 5.41) is 9.50. The minimum absolute atomic E-state index is 0.0525. The fourth-order valence-corrected chi connectivity index (χ4v) is 2.52. The molecular formula is C12H14O4. The number of fused-ring (bicyclic) bond motifs is 2. The first-order chi connectivity index (χ1) is 7.79. The van der Waals surface area contributed by atoms with E-state index in [4.69, 9.17) is 14.2 Å². The van der Waals surface area contributed by atoms with Crippen molar-refractivity contribution in [3.05, 3.63) is 23.8 Å². The predicted octanol–water partition coefficient (Wildman–Crippen LogP) is 1.83. The van der Waals surface area contributed by atoms with Gasteiger partial charge in [0.05, 0.1) is 18.6 Å². The second kappa shape index (κ2) is 3.64. The third-order valence-corrected chi connectivity index (χ3v) is 3.27. The molecule has 2 aliphatic rings. The molecule has 1 N–H and O–H groups in total. The van der Waals surface area contributed by atoms with E-state index in [9.17, 15) is 5.11 Å². The standard InChI is InChI=1S/C12H14O4/c1-14-11-8-4-5-15-12(8)16-10-3-2-7(13)6-9(10)11/h2-3,6,8,11-13H,4-5H2,1H3/t8-,11+,12+/m0/s1. The fourth-order valence-electron chi connectivity index (χ4n) is 2.52. The van der Waals surface area contributed by atoms with Crippen LogP contribution in [0.4, 0.5) is 0 Å². The van der Waals surface area contributed by atoms with Gasteiger partial charge in [-0.2, -0.15) is 0 Å². The largest absolute Gasteiger partial charge is 0.508 e. The molecule has 0 bridgehead atoms. The van der Waals surface area contributed by atoms with Crippen molar-refractivity contribution in [1.82, 2.24) is 0 Å². The van der Waals surface area contributed by atoms with E-state index in [2.05, 4.69) is 0 Å². The highest BCUT2D eigenvalue weighted by Crippen LogP contribution is 2.45. The molecule has 86 valence electrons. The summed E-state index contributed by atoms with van der Waals surface area (Å²) in [7, 11) is 1.68. The molecule has 1 fully saturated rings. The minimum Gasteiger partial charge on any atom is -0.508 e. The van der Waals surface area contributed by atoms with Crippen LogP contribution in [0.15, 0.2) is 18.2 Å². The van der Waals surface area contributed by atoms with E-state index in [1.807, 2.05) is 0 Å². The van der Waals surface area contributed by atoms with Crippen LogP contribution >= 0.6 is 0 Å². The highest BCUT2D eigenvalue weighted by molar-refractivity contribution is 5.43. The maximum absolute atomic E-state index is 9.50. The summed E-state index contributed by atoms with van der Waals surface area (Å²) < 4.78 is 16.8. The van der Waals surface area contributed by atoms with E-state index in [0.717, 1.165) is 17.7 Å². The SMILES string of the molecule is CO[C@H]1c2cc(O)ccc2O[C@H]2OCC[C@H]21. The summed E-state index contributed by atoms with van der Waals surface area (Å²) in [6.07, 6.45) is 0.670. The Morgan fingerprint density at radius 2 is 2.31 bits per heavy atom. The Morgan fingerprint density at radius 3 is 3.12 bits per heavy atom. The number of hydrogen-bond donors (Lipinski definition) is 1. The number of benzene rings is 1. The summed E-state index contributed by atoms with van der Waals surface area (Å²) in [4.78, 5) is 0. The molecule has 2 heterocycles. The van der Waals surface area contributed by atoms with Crippen molar-refractivity contribution in [1.29, 1.82) is 0 Å². The fraction of sp³-hybridized carbons (Fsp3) is 0.500. The third-order valence-electron chi connectivity index (χ3n) is 3.27. The normalized spacial score (nSPS) is 31.7. The number of aromatic hydroxyl groups is 1. The third kappa shape index (κ3) is 1.37. The summed E-state index contributed by atoms with van der Waals surface area (Å²) in [5.74, 6) is 1.20. The molecule has 3 atom stereocenters. The summed E-state index contributed by atoms with van der Waals surface area (Å²) >= 11 is 0. The van der Waals surface area contributed by atoms with Crippen LogP contribution in [0.25, 0.3) is 0 Å². The molecule has 1 aromatic carbocycles. The number of ether oxygens (including phenoxy) is 3. The second-order valence-corrected chi connectivity index (χ2v) is 4.19. The number of rotatable bonds is 1. The van der Waals surface area contributed by atoms with E-state index in [0.29, 0.717) is 6.61 Å². The number of phenolic OH excluding ortho intramolecular Hbond substituents is 1. The van der Waals surface area contributed by atoms with Gasteiger partial charge in [-0.1, -0.05) is 0 Å². The molecule has 0 aliphatic carbocycles. The summed E-state index contributed by atoms with van der Waals surface area (Å²) in [6.45, 7) is 0.704. The van der Waals surface area contributed by atoms with Crippen molar-refractivity contribution in [3.63, 3.8) is 0 Å². The Hall–Kier alpha value is -1.26. The van der Waals surface area contributed by atoms with Gasteiger partial charge in [0.15, 0.2) is 0 Å². The van der Waals surface area contributed by atoms with Gasteiger partial charge < -0.3 is 19.3 Å². The lowest BCUT2D eigenvalue weighted by Gasteiger charge is -2.33. The Balaban J connectivity index is 2.05. The van der Waals surface area contributed by atoms with Gasteiger partial charge in [-0.15, -0.1) is 0 Å². The molecule has 4 nitrogen and oxygen atoms in total. The van der Waals surface area contributed by atoms with Gasteiger partial charge in [0.2, 0.25) is 6.29 Å². The summed E-state index contributed by atoms with van der Waals surface area (Å²) in [5.41, 5.74) is 0.911. The molecule has 16 heavy (non-hydrogen) atoms. The van der Waals surface area contributed by atoms with Crippen LogP contribution in [0.5, 0.6) is 11.5 Å². The molecule has 3 rings (SSSR count). The highest BCUT2D eigenvalue weighted by Gasteiger charge is 2.42. The van der Waals surface area contributed by atoms with Gasteiger partial charge in [0, 0.05) is 12.7 Å². The quantitative estimate of drug-likeness (QED) is 0.787. The smallest absolute Gasteiger partial charge is 0.205 e. The molecule has 0 aromatic heterocycles. The van der Waals surface area contributed by atoms with Crippen molar-refractivity contribution in [2.75, 3.05) is 13.7 Å². The number of hydrogen-bond acceptors (Lipinski definition) is 4. The van der Waals surface area contributed by atoms with Gasteiger partial charge in [0.25, 0.3) is 0 Å². The second-order valence-electron chi connectivity index (χ2n) is 4.19. The monoisotopic (exact) mass is 222 g/mol. The first kappa shape index (κ1) is 9.93. The zero-order chi connectivity index (χ0) is 11.1. The lowest BCUT2D eigenvalue weighted by Crippen LogP contribution is -2.33. The van der Waals surface area contributed by atoms with Crippen LogP contribution in [0.2, 0.25) is 0 Å². The van der Waals surface area contributed by atoms with Crippen LogP contribution in [-0.2, 0) is 9.47 Å². The Kier molecular flexibility index (Phi) is 2.26. The van der Waals surface area contributed by atoms with E-state index >= 15 is 0 Å². The Labute approximate surface area is 93.7 Å². The van der Waals surface area contributed by atoms with Gasteiger partial charge >= 0.3 is 0 Å². The van der Waals surface area contributed by atoms with Gasteiger partial charge in [-0.3, -0.25) is 0 Å². The Bertz CT molecular complexity index is 404. The lowest BCUT2D eigenvalue weighted by molar-refractivity contribution is -0.112. The first-order valence-corrected chi connectivity index (χ1v) is 5.43. The predicted molar refractivity (Wildman–Crippen MR) is 56.3 cm³/mol. The zero-order valence-corrected chi connectivity index (χ0v) is 9.05. The topological polar surface area (TPSA) is 47.9 Å².